The van der Waals surface area contributed by atoms with E-state index in [2.05, 4.69) is 26.0 Å². The van der Waals surface area contributed by atoms with Crippen molar-refractivity contribution in [2.24, 2.45) is 7.05 Å². The molecule has 0 aliphatic heterocycles. The monoisotopic (exact) mass is 293 g/mol. The molecule has 3 N–H and O–H groups in total. The molecule has 0 aliphatic rings. The molecule has 10 heteroatoms. The lowest BCUT2D eigenvalue weighted by Gasteiger charge is -2.06. The molecular weight excluding hydrogens is 278 g/mol. The van der Waals surface area contributed by atoms with Crippen molar-refractivity contribution in [1.29, 1.82) is 0 Å². The minimum Gasteiger partial charge on any atom is -0.480 e. The Bertz CT molecular complexity index is 633. The van der Waals surface area contributed by atoms with Crippen LogP contribution in [0.2, 0.25) is 0 Å². The Morgan fingerprint density at radius 3 is 2.76 bits per heavy atom. The Labute approximate surface area is 119 Å². The fraction of sp³-hybridized carbons (Fsp3) is 0.364. The molecule has 0 aromatic carbocycles. The molecule has 0 aliphatic carbocycles. The number of urea groups is 1. The van der Waals surface area contributed by atoms with Gasteiger partial charge in [0.05, 0.1) is 25.0 Å². The number of rotatable bonds is 6. The number of aliphatic carboxylic acids is 1. The summed E-state index contributed by atoms with van der Waals surface area (Å²) < 4.78 is 2.85. The number of aromatic nitrogens is 5. The van der Waals surface area contributed by atoms with E-state index in [1.165, 1.54) is 10.9 Å². The summed E-state index contributed by atoms with van der Waals surface area (Å²) in [5.41, 5.74) is 1.35. The Morgan fingerprint density at radius 2 is 2.10 bits per heavy atom. The molecule has 0 radical (unpaired) electrons. The number of nitrogens with zero attached hydrogens (tertiary/aromatic N) is 5. The summed E-state index contributed by atoms with van der Waals surface area (Å²) in [6, 6.07) is 1.45. The molecule has 0 saturated carbocycles. The first-order valence-corrected chi connectivity index (χ1v) is 6.14. The molecule has 0 spiro atoms. The highest BCUT2D eigenvalue weighted by atomic mass is 16.4. The summed E-state index contributed by atoms with van der Waals surface area (Å²) in [4.78, 5) is 22.1. The van der Waals surface area contributed by atoms with Crippen LogP contribution in [0.3, 0.4) is 0 Å². The number of aryl methyl sites for hydroxylation is 1. The van der Waals surface area contributed by atoms with Crippen molar-refractivity contribution < 1.29 is 14.7 Å². The van der Waals surface area contributed by atoms with Gasteiger partial charge in [0.1, 0.15) is 12.2 Å². The van der Waals surface area contributed by atoms with Gasteiger partial charge in [0, 0.05) is 13.2 Å². The summed E-state index contributed by atoms with van der Waals surface area (Å²) in [6.45, 7) is 0.255. The molecule has 2 heterocycles. The number of carboxylic acid groups (broad SMARTS) is 1. The van der Waals surface area contributed by atoms with Crippen LogP contribution in [0.15, 0.2) is 18.5 Å². The Kier molecular flexibility index (Phi) is 4.49. The van der Waals surface area contributed by atoms with Crippen LogP contribution < -0.4 is 10.6 Å². The van der Waals surface area contributed by atoms with E-state index in [-0.39, 0.29) is 19.1 Å². The molecular formula is C11H15N7O3. The molecule has 0 fully saturated rings. The van der Waals surface area contributed by atoms with Crippen molar-refractivity contribution in [2.45, 2.75) is 19.6 Å². The van der Waals surface area contributed by atoms with E-state index in [4.69, 9.17) is 5.11 Å². The fourth-order valence-corrected chi connectivity index (χ4v) is 1.61. The van der Waals surface area contributed by atoms with Crippen LogP contribution in [-0.4, -0.2) is 41.9 Å². The maximum Gasteiger partial charge on any atom is 0.325 e. The second-order valence-corrected chi connectivity index (χ2v) is 4.28. The minimum absolute atomic E-state index is 0.164. The van der Waals surface area contributed by atoms with E-state index in [0.717, 1.165) is 5.69 Å². The van der Waals surface area contributed by atoms with Crippen molar-refractivity contribution in [2.75, 3.05) is 0 Å². The SMILES string of the molecule is Cn1nccc1CNC(=O)NCc1cn(CC(=O)O)nn1. The van der Waals surface area contributed by atoms with Crippen LogP contribution in [0.5, 0.6) is 0 Å². The van der Waals surface area contributed by atoms with E-state index < -0.39 is 5.97 Å². The average molecular weight is 293 g/mol. The third kappa shape index (κ3) is 4.30. The van der Waals surface area contributed by atoms with Gasteiger partial charge in [-0.25, -0.2) is 9.48 Å². The molecule has 0 saturated heterocycles. The van der Waals surface area contributed by atoms with Crippen LogP contribution in [0.4, 0.5) is 4.79 Å². The van der Waals surface area contributed by atoms with Crippen molar-refractivity contribution in [3.63, 3.8) is 0 Å². The minimum atomic E-state index is -1.01. The van der Waals surface area contributed by atoms with Crippen molar-refractivity contribution in [3.8, 4) is 0 Å². The lowest BCUT2D eigenvalue weighted by Crippen LogP contribution is -2.35. The number of carbonyl (C=O) groups is 2. The maximum atomic E-state index is 11.6. The average Bonchev–Trinajstić information content (AvgIpc) is 3.02. The zero-order valence-corrected chi connectivity index (χ0v) is 11.4. The van der Waals surface area contributed by atoms with Gasteiger partial charge in [-0.2, -0.15) is 5.10 Å². The second kappa shape index (κ2) is 6.50. The Morgan fingerprint density at radius 1 is 1.33 bits per heavy atom. The van der Waals surface area contributed by atoms with Gasteiger partial charge in [0.25, 0.3) is 0 Å². The largest absolute Gasteiger partial charge is 0.480 e. The first-order chi connectivity index (χ1) is 10.0. The van der Waals surface area contributed by atoms with Crippen molar-refractivity contribution in [3.05, 3.63) is 29.8 Å². The number of hydrogen-bond acceptors (Lipinski definition) is 5. The fourth-order valence-electron chi connectivity index (χ4n) is 1.61. The van der Waals surface area contributed by atoms with Gasteiger partial charge in [-0.05, 0) is 6.07 Å². The number of nitrogens with one attached hydrogen (secondary N) is 2. The first kappa shape index (κ1) is 14.5. The number of hydrogen-bond donors (Lipinski definition) is 3. The molecule has 0 unspecified atom stereocenters. The van der Waals surface area contributed by atoms with E-state index in [0.29, 0.717) is 12.2 Å². The molecule has 0 atom stereocenters. The Hall–Kier alpha value is -2.91. The number of carbonyl (C=O) groups excluding carboxylic acids is 1. The lowest BCUT2D eigenvalue weighted by molar-refractivity contribution is -0.137. The summed E-state index contributed by atoms with van der Waals surface area (Å²) >= 11 is 0. The highest BCUT2D eigenvalue weighted by molar-refractivity contribution is 5.73. The highest BCUT2D eigenvalue weighted by Gasteiger charge is 2.06. The normalized spacial score (nSPS) is 10.3. The van der Waals surface area contributed by atoms with Crippen LogP contribution in [0.25, 0.3) is 0 Å². The predicted molar refractivity (Wildman–Crippen MR) is 69.9 cm³/mol. The lowest BCUT2D eigenvalue weighted by atomic mass is 10.4. The maximum absolute atomic E-state index is 11.6. The molecule has 2 aromatic heterocycles. The van der Waals surface area contributed by atoms with Crippen molar-refractivity contribution in [1.82, 2.24) is 35.4 Å². The molecule has 2 aromatic rings. The summed E-state index contributed by atoms with van der Waals surface area (Å²) in [5, 5.41) is 25.3. The Balaban J connectivity index is 1.75. The van der Waals surface area contributed by atoms with Gasteiger partial charge >= 0.3 is 12.0 Å². The zero-order valence-electron chi connectivity index (χ0n) is 11.4. The molecule has 2 rings (SSSR count). The number of amides is 2. The zero-order chi connectivity index (χ0) is 15.2. The van der Waals surface area contributed by atoms with E-state index >= 15 is 0 Å². The molecule has 10 nitrogen and oxygen atoms in total. The number of carboxylic acids is 1. The topological polar surface area (TPSA) is 127 Å². The van der Waals surface area contributed by atoms with Gasteiger partial charge in [0.15, 0.2) is 0 Å². The van der Waals surface area contributed by atoms with Gasteiger partial charge in [-0.1, -0.05) is 5.21 Å². The van der Waals surface area contributed by atoms with Crippen LogP contribution in [-0.2, 0) is 31.5 Å². The van der Waals surface area contributed by atoms with Crippen LogP contribution >= 0.6 is 0 Å². The van der Waals surface area contributed by atoms with E-state index in [1.54, 1.807) is 24.0 Å². The predicted octanol–water partition coefficient (Wildman–Crippen LogP) is -0.904. The third-order valence-corrected chi connectivity index (χ3v) is 2.67. The summed E-state index contributed by atoms with van der Waals surface area (Å²) in [6.07, 6.45) is 3.12. The third-order valence-electron chi connectivity index (χ3n) is 2.67. The quantitative estimate of drug-likeness (QED) is 0.633. The molecule has 21 heavy (non-hydrogen) atoms. The van der Waals surface area contributed by atoms with Crippen LogP contribution in [0, 0.1) is 0 Å². The molecule has 2 amide bonds. The van der Waals surface area contributed by atoms with Gasteiger partial charge in [-0.15, -0.1) is 5.10 Å². The van der Waals surface area contributed by atoms with E-state index in [9.17, 15) is 9.59 Å². The smallest absolute Gasteiger partial charge is 0.325 e. The second-order valence-electron chi connectivity index (χ2n) is 4.28. The van der Waals surface area contributed by atoms with Crippen molar-refractivity contribution >= 4 is 12.0 Å². The van der Waals surface area contributed by atoms with Gasteiger partial charge in [0.2, 0.25) is 0 Å². The van der Waals surface area contributed by atoms with Crippen LogP contribution in [0.1, 0.15) is 11.4 Å². The summed E-state index contributed by atoms with van der Waals surface area (Å²) in [7, 11) is 1.79. The standard InChI is InChI=1S/C11H15N7O3/c1-17-9(2-3-14-17)5-13-11(21)12-4-8-6-18(16-15-8)7-10(19)20/h2-3,6H,4-5,7H2,1H3,(H,19,20)(H2,12,13,21). The van der Waals surface area contributed by atoms with Gasteiger partial charge < -0.3 is 15.7 Å². The first-order valence-electron chi connectivity index (χ1n) is 6.14. The molecule has 0 bridgehead atoms. The van der Waals surface area contributed by atoms with E-state index in [1.807, 2.05) is 0 Å². The highest BCUT2D eigenvalue weighted by Crippen LogP contribution is 1.95. The molecule has 112 valence electrons. The van der Waals surface area contributed by atoms with Gasteiger partial charge in [-0.3, -0.25) is 9.48 Å². The summed E-state index contributed by atoms with van der Waals surface area (Å²) in [5.74, 6) is -1.01.